The Bertz CT molecular complexity index is 358. The molecule has 4 nitrogen and oxygen atoms in total. The third kappa shape index (κ3) is 1.90. The van der Waals surface area contributed by atoms with Crippen LogP contribution < -0.4 is 5.73 Å². The predicted molar refractivity (Wildman–Crippen MR) is 62.8 cm³/mol. The van der Waals surface area contributed by atoms with E-state index in [1.54, 1.807) is 0 Å². The minimum absolute atomic E-state index is 0.391. The van der Waals surface area contributed by atoms with Crippen molar-refractivity contribution >= 4 is 21.7 Å². The number of halogens is 1. The quantitative estimate of drug-likeness (QED) is 0.920. The summed E-state index contributed by atoms with van der Waals surface area (Å²) in [6, 6.07) is 0.409. The summed E-state index contributed by atoms with van der Waals surface area (Å²) in [5, 5.41) is 4.42. The van der Waals surface area contributed by atoms with Crippen molar-refractivity contribution in [3.05, 3.63) is 10.2 Å². The van der Waals surface area contributed by atoms with Crippen molar-refractivity contribution in [3.63, 3.8) is 0 Å². The van der Waals surface area contributed by atoms with Gasteiger partial charge in [-0.3, -0.25) is 0 Å². The molecule has 1 saturated carbocycles. The van der Waals surface area contributed by atoms with Gasteiger partial charge in [0, 0.05) is 6.61 Å². The number of nitrogen functional groups attached to an aromatic ring is 1. The van der Waals surface area contributed by atoms with Crippen molar-refractivity contribution in [1.82, 2.24) is 9.78 Å². The third-order valence-corrected chi connectivity index (χ3v) is 3.85. The number of rotatable bonds is 3. The highest BCUT2D eigenvalue weighted by Gasteiger charge is 2.33. The molecule has 84 valence electrons. The fourth-order valence-corrected chi connectivity index (χ4v) is 2.19. The molecule has 0 unspecified atom stereocenters. The van der Waals surface area contributed by atoms with Gasteiger partial charge in [0.1, 0.15) is 5.82 Å². The predicted octanol–water partition coefficient (Wildman–Crippen LogP) is 2.28. The summed E-state index contributed by atoms with van der Waals surface area (Å²) < 4.78 is 8.34. The third-order valence-electron chi connectivity index (χ3n) is 2.87. The maximum Gasteiger partial charge on any atom is 0.136 e. The number of anilines is 1. The molecule has 5 heteroatoms. The van der Waals surface area contributed by atoms with Gasteiger partial charge in [0.15, 0.2) is 0 Å². The number of aromatic nitrogens is 2. The van der Waals surface area contributed by atoms with Crippen molar-refractivity contribution < 1.29 is 4.74 Å². The maximum absolute atomic E-state index is 5.95. The van der Waals surface area contributed by atoms with Gasteiger partial charge in [0.25, 0.3) is 0 Å². The van der Waals surface area contributed by atoms with E-state index < -0.39 is 0 Å². The molecule has 1 aromatic rings. The molecule has 0 bridgehead atoms. The highest BCUT2D eigenvalue weighted by molar-refractivity contribution is 9.10. The summed E-state index contributed by atoms with van der Waals surface area (Å²) in [6.45, 7) is 4.76. The lowest BCUT2D eigenvalue weighted by Crippen LogP contribution is -2.34. The number of ether oxygens (including phenoxy) is 1. The number of nitrogens with two attached hydrogens (primary N) is 1. The Morgan fingerprint density at radius 3 is 2.73 bits per heavy atom. The van der Waals surface area contributed by atoms with Crippen LogP contribution in [-0.4, -0.2) is 22.5 Å². The molecule has 2 N–H and O–H groups in total. The fraction of sp³-hybridized carbons (Fsp3) is 0.700. The minimum atomic E-state index is 0.391. The Morgan fingerprint density at radius 2 is 2.27 bits per heavy atom. The SMILES string of the molecule is CCOC1CC(n2nc(C)c(Br)c2N)C1. The Morgan fingerprint density at radius 1 is 1.60 bits per heavy atom. The second kappa shape index (κ2) is 4.14. The minimum Gasteiger partial charge on any atom is -0.383 e. The highest BCUT2D eigenvalue weighted by Crippen LogP contribution is 2.37. The largest absolute Gasteiger partial charge is 0.383 e. The molecule has 1 fully saturated rings. The van der Waals surface area contributed by atoms with Gasteiger partial charge in [-0.05, 0) is 42.6 Å². The molecule has 1 heterocycles. The summed E-state index contributed by atoms with van der Waals surface area (Å²) in [5.74, 6) is 0.729. The summed E-state index contributed by atoms with van der Waals surface area (Å²) in [6.07, 6.45) is 2.43. The molecule has 0 aliphatic heterocycles. The van der Waals surface area contributed by atoms with E-state index in [0.29, 0.717) is 12.1 Å². The van der Waals surface area contributed by atoms with Gasteiger partial charge >= 0.3 is 0 Å². The van der Waals surface area contributed by atoms with E-state index in [0.717, 1.165) is 35.4 Å². The maximum atomic E-state index is 5.95. The van der Waals surface area contributed by atoms with Crippen LogP contribution in [0.5, 0.6) is 0 Å². The number of nitrogens with zero attached hydrogens (tertiary/aromatic N) is 2. The Balaban J connectivity index is 2.04. The molecule has 0 radical (unpaired) electrons. The van der Waals surface area contributed by atoms with Crippen LogP contribution >= 0.6 is 15.9 Å². The first-order chi connectivity index (χ1) is 7.13. The van der Waals surface area contributed by atoms with Gasteiger partial charge in [-0.15, -0.1) is 0 Å². The monoisotopic (exact) mass is 273 g/mol. The second-order valence-corrected chi connectivity index (χ2v) is 4.72. The van der Waals surface area contributed by atoms with E-state index in [1.807, 2.05) is 18.5 Å². The first-order valence-electron chi connectivity index (χ1n) is 5.25. The van der Waals surface area contributed by atoms with Crippen molar-refractivity contribution in [3.8, 4) is 0 Å². The Kier molecular flexibility index (Phi) is 3.02. The zero-order valence-electron chi connectivity index (χ0n) is 9.03. The topological polar surface area (TPSA) is 53.1 Å². The van der Waals surface area contributed by atoms with Crippen molar-refractivity contribution in [1.29, 1.82) is 0 Å². The van der Waals surface area contributed by atoms with Crippen LogP contribution in [0.4, 0.5) is 5.82 Å². The molecule has 1 aliphatic rings. The molecule has 2 rings (SSSR count). The van der Waals surface area contributed by atoms with Crippen molar-refractivity contribution in [2.75, 3.05) is 12.3 Å². The number of hydrogen-bond donors (Lipinski definition) is 1. The zero-order valence-corrected chi connectivity index (χ0v) is 10.6. The van der Waals surface area contributed by atoms with Crippen LogP contribution in [0.25, 0.3) is 0 Å². The van der Waals surface area contributed by atoms with E-state index >= 15 is 0 Å². The lowest BCUT2D eigenvalue weighted by Gasteiger charge is -2.35. The van der Waals surface area contributed by atoms with Gasteiger partial charge in [-0.2, -0.15) is 5.10 Å². The Hall–Kier alpha value is -0.550. The van der Waals surface area contributed by atoms with Crippen molar-refractivity contribution in [2.24, 2.45) is 0 Å². The van der Waals surface area contributed by atoms with Gasteiger partial charge < -0.3 is 10.5 Å². The number of aryl methyl sites for hydroxylation is 1. The van der Waals surface area contributed by atoms with Gasteiger partial charge in [0.05, 0.1) is 22.3 Å². The molecule has 0 amide bonds. The fourth-order valence-electron chi connectivity index (χ4n) is 1.93. The van der Waals surface area contributed by atoms with E-state index in [9.17, 15) is 0 Å². The van der Waals surface area contributed by atoms with E-state index in [-0.39, 0.29) is 0 Å². The summed E-state index contributed by atoms with van der Waals surface area (Å²) in [4.78, 5) is 0. The van der Waals surface area contributed by atoms with Crippen LogP contribution in [0.15, 0.2) is 4.47 Å². The van der Waals surface area contributed by atoms with Crippen LogP contribution in [0, 0.1) is 6.92 Å². The van der Waals surface area contributed by atoms with Crippen molar-refractivity contribution in [2.45, 2.75) is 38.8 Å². The van der Waals surface area contributed by atoms with Crippen LogP contribution in [0.3, 0.4) is 0 Å². The smallest absolute Gasteiger partial charge is 0.136 e. The molecule has 15 heavy (non-hydrogen) atoms. The van der Waals surface area contributed by atoms with Crippen LogP contribution in [0.1, 0.15) is 31.5 Å². The lowest BCUT2D eigenvalue weighted by atomic mass is 9.89. The van der Waals surface area contributed by atoms with Crippen LogP contribution in [-0.2, 0) is 4.74 Å². The van der Waals surface area contributed by atoms with Crippen LogP contribution in [0.2, 0.25) is 0 Å². The molecule has 1 aliphatic carbocycles. The average molecular weight is 274 g/mol. The zero-order chi connectivity index (χ0) is 11.0. The van der Waals surface area contributed by atoms with E-state index in [2.05, 4.69) is 21.0 Å². The van der Waals surface area contributed by atoms with Gasteiger partial charge in [-0.1, -0.05) is 0 Å². The standard InChI is InChI=1S/C10H16BrN3O/c1-3-15-8-4-7(5-8)14-10(12)9(11)6(2)13-14/h7-8H,3-5,12H2,1-2H3. The summed E-state index contributed by atoms with van der Waals surface area (Å²) in [5.41, 5.74) is 6.90. The normalized spacial score (nSPS) is 25.3. The first-order valence-corrected chi connectivity index (χ1v) is 6.04. The lowest BCUT2D eigenvalue weighted by molar-refractivity contribution is -0.0221. The van der Waals surface area contributed by atoms with E-state index in [4.69, 9.17) is 10.5 Å². The number of hydrogen-bond acceptors (Lipinski definition) is 3. The van der Waals surface area contributed by atoms with Gasteiger partial charge in [-0.25, -0.2) is 4.68 Å². The molecule has 0 saturated heterocycles. The first kappa shape index (κ1) is 11.0. The second-order valence-electron chi connectivity index (χ2n) is 3.93. The highest BCUT2D eigenvalue weighted by atomic mass is 79.9. The van der Waals surface area contributed by atoms with E-state index in [1.165, 1.54) is 0 Å². The molecule has 0 spiro atoms. The summed E-state index contributed by atoms with van der Waals surface area (Å²) >= 11 is 3.43. The molecule has 1 aromatic heterocycles. The molecular weight excluding hydrogens is 258 g/mol. The molecule has 0 aromatic carbocycles. The summed E-state index contributed by atoms with van der Waals surface area (Å²) in [7, 11) is 0. The van der Waals surface area contributed by atoms with Gasteiger partial charge in [0.2, 0.25) is 0 Å². The molecule has 0 atom stereocenters. The average Bonchev–Trinajstić information content (AvgIpc) is 2.39. The Labute approximate surface area is 97.9 Å². The molecular formula is C10H16BrN3O.